The maximum Gasteiger partial charge on any atom is 0.254 e. The van der Waals surface area contributed by atoms with Crippen LogP contribution >= 0.6 is 43.2 Å². The minimum Gasteiger partial charge on any atom is -0.334 e. The number of benzene rings is 1. The molecule has 0 aliphatic carbocycles. The second-order valence-corrected chi connectivity index (χ2v) is 8.01. The number of amides is 1. The van der Waals surface area contributed by atoms with Crippen LogP contribution in [0.1, 0.15) is 27.7 Å². The van der Waals surface area contributed by atoms with Crippen molar-refractivity contribution >= 4 is 49.1 Å². The number of thiophene rings is 1. The van der Waals surface area contributed by atoms with E-state index in [1.54, 1.807) is 11.3 Å². The maximum atomic E-state index is 12.6. The third kappa shape index (κ3) is 3.93. The van der Waals surface area contributed by atoms with Gasteiger partial charge in [0.05, 0.1) is 10.3 Å². The van der Waals surface area contributed by atoms with Crippen LogP contribution in [0.2, 0.25) is 0 Å². The summed E-state index contributed by atoms with van der Waals surface area (Å²) in [5.74, 6) is 0.0708. The lowest BCUT2D eigenvalue weighted by Crippen LogP contribution is -2.30. The lowest BCUT2D eigenvalue weighted by atomic mass is 10.1. The molecular formula is C15H15Br2NOS. The summed E-state index contributed by atoms with van der Waals surface area (Å²) in [7, 11) is 0. The Morgan fingerprint density at radius 2 is 2.00 bits per heavy atom. The summed E-state index contributed by atoms with van der Waals surface area (Å²) in [5, 5.41) is 0. The fraction of sp³-hybridized carbons (Fsp3) is 0.267. The van der Waals surface area contributed by atoms with E-state index in [-0.39, 0.29) is 5.91 Å². The third-order valence-electron chi connectivity index (χ3n) is 2.93. The molecule has 1 aromatic carbocycles. The molecule has 0 radical (unpaired) electrons. The number of carbonyl (C=O) groups is 1. The molecule has 0 aliphatic rings. The van der Waals surface area contributed by atoms with Crippen molar-refractivity contribution in [1.29, 1.82) is 0 Å². The van der Waals surface area contributed by atoms with Gasteiger partial charge < -0.3 is 4.90 Å². The van der Waals surface area contributed by atoms with Crippen LogP contribution in [0, 0.1) is 6.92 Å². The van der Waals surface area contributed by atoms with Gasteiger partial charge in [0.15, 0.2) is 0 Å². The average Bonchev–Trinajstić information content (AvgIpc) is 2.79. The molecule has 0 saturated carbocycles. The third-order valence-corrected chi connectivity index (χ3v) is 5.00. The molecule has 0 saturated heterocycles. The van der Waals surface area contributed by atoms with E-state index >= 15 is 0 Å². The number of carbonyl (C=O) groups excluding carboxylic acids is 1. The lowest BCUT2D eigenvalue weighted by molar-refractivity contribution is 0.0754. The first kappa shape index (κ1) is 15.7. The Kier molecular flexibility index (Phi) is 5.41. The SMILES string of the molecule is CCN(Cc1ccc(Br)s1)C(=O)c1cc(C)cc(Br)c1. The second kappa shape index (κ2) is 6.87. The highest BCUT2D eigenvalue weighted by Crippen LogP contribution is 2.24. The zero-order valence-corrected chi connectivity index (χ0v) is 15.3. The van der Waals surface area contributed by atoms with Crippen molar-refractivity contribution < 1.29 is 4.79 Å². The first-order valence-corrected chi connectivity index (χ1v) is 8.70. The Morgan fingerprint density at radius 1 is 1.25 bits per heavy atom. The van der Waals surface area contributed by atoms with E-state index in [0.29, 0.717) is 13.1 Å². The Bertz CT molecular complexity index is 604. The molecule has 2 rings (SSSR count). The molecule has 1 heterocycles. The topological polar surface area (TPSA) is 20.3 Å². The van der Waals surface area contributed by atoms with Crippen LogP contribution in [0.25, 0.3) is 0 Å². The van der Waals surface area contributed by atoms with Gasteiger partial charge in [0.1, 0.15) is 0 Å². The fourth-order valence-corrected chi connectivity index (χ4v) is 4.10. The monoisotopic (exact) mass is 415 g/mol. The molecule has 0 spiro atoms. The van der Waals surface area contributed by atoms with Gasteiger partial charge in [-0.1, -0.05) is 15.9 Å². The summed E-state index contributed by atoms with van der Waals surface area (Å²) in [5.41, 5.74) is 1.81. The van der Waals surface area contributed by atoms with Gasteiger partial charge in [-0.3, -0.25) is 4.79 Å². The number of hydrogen-bond acceptors (Lipinski definition) is 2. The fourth-order valence-electron chi connectivity index (χ4n) is 1.99. The van der Waals surface area contributed by atoms with Crippen LogP contribution in [-0.4, -0.2) is 17.4 Å². The molecule has 106 valence electrons. The van der Waals surface area contributed by atoms with Crippen molar-refractivity contribution in [2.75, 3.05) is 6.54 Å². The minimum absolute atomic E-state index is 0.0708. The summed E-state index contributed by atoms with van der Waals surface area (Å²) in [6, 6.07) is 9.88. The molecular weight excluding hydrogens is 402 g/mol. The van der Waals surface area contributed by atoms with Gasteiger partial charge in [0, 0.05) is 21.5 Å². The van der Waals surface area contributed by atoms with Gasteiger partial charge >= 0.3 is 0 Å². The van der Waals surface area contributed by atoms with Gasteiger partial charge in [-0.2, -0.15) is 0 Å². The van der Waals surface area contributed by atoms with Crippen molar-refractivity contribution in [3.05, 3.63) is 54.6 Å². The van der Waals surface area contributed by atoms with Crippen molar-refractivity contribution in [3.8, 4) is 0 Å². The van der Waals surface area contributed by atoms with Gasteiger partial charge in [0.2, 0.25) is 0 Å². The van der Waals surface area contributed by atoms with Crippen LogP contribution in [0.4, 0.5) is 0 Å². The highest BCUT2D eigenvalue weighted by Gasteiger charge is 2.16. The van der Waals surface area contributed by atoms with E-state index in [1.807, 2.05) is 43.0 Å². The number of aryl methyl sites for hydroxylation is 1. The number of nitrogens with zero attached hydrogens (tertiary/aromatic N) is 1. The van der Waals surface area contributed by atoms with Gasteiger partial charge in [-0.15, -0.1) is 11.3 Å². The van der Waals surface area contributed by atoms with Crippen LogP contribution in [0.3, 0.4) is 0 Å². The Labute approximate surface area is 140 Å². The van der Waals surface area contributed by atoms with Gasteiger partial charge in [-0.05, 0) is 65.7 Å². The number of hydrogen-bond donors (Lipinski definition) is 0. The molecule has 0 bridgehead atoms. The summed E-state index contributed by atoms with van der Waals surface area (Å²) in [4.78, 5) is 15.6. The maximum absolute atomic E-state index is 12.6. The number of halogens is 2. The van der Waals surface area contributed by atoms with Crippen molar-refractivity contribution in [2.45, 2.75) is 20.4 Å². The molecule has 0 unspecified atom stereocenters. The van der Waals surface area contributed by atoms with E-state index in [2.05, 4.69) is 37.9 Å². The Balaban J connectivity index is 2.20. The largest absolute Gasteiger partial charge is 0.334 e. The Morgan fingerprint density at radius 3 is 2.55 bits per heavy atom. The molecule has 0 fully saturated rings. The zero-order valence-electron chi connectivity index (χ0n) is 11.3. The molecule has 1 amide bonds. The van der Waals surface area contributed by atoms with E-state index in [4.69, 9.17) is 0 Å². The normalized spacial score (nSPS) is 10.6. The summed E-state index contributed by atoms with van der Waals surface area (Å²) in [6.07, 6.45) is 0. The summed E-state index contributed by atoms with van der Waals surface area (Å²) >= 11 is 8.57. The molecule has 0 N–H and O–H groups in total. The van der Waals surface area contributed by atoms with Crippen LogP contribution < -0.4 is 0 Å². The summed E-state index contributed by atoms with van der Waals surface area (Å²) < 4.78 is 2.03. The van der Waals surface area contributed by atoms with E-state index in [1.165, 1.54) is 4.88 Å². The first-order valence-electron chi connectivity index (χ1n) is 6.30. The predicted octanol–water partition coefficient (Wildman–Crippen LogP) is 5.24. The van der Waals surface area contributed by atoms with Crippen molar-refractivity contribution in [2.24, 2.45) is 0 Å². The minimum atomic E-state index is 0.0708. The summed E-state index contributed by atoms with van der Waals surface area (Å²) in [6.45, 7) is 5.34. The van der Waals surface area contributed by atoms with Crippen LogP contribution in [-0.2, 0) is 6.54 Å². The zero-order chi connectivity index (χ0) is 14.7. The first-order chi connectivity index (χ1) is 9.49. The lowest BCUT2D eigenvalue weighted by Gasteiger charge is -2.20. The standard InChI is InChI=1S/C15H15Br2NOS/c1-3-18(9-13-4-5-14(17)20-13)15(19)11-6-10(2)7-12(16)8-11/h4-8H,3,9H2,1-2H3. The predicted molar refractivity (Wildman–Crippen MR) is 91.3 cm³/mol. The number of rotatable bonds is 4. The molecule has 5 heteroatoms. The second-order valence-electron chi connectivity index (χ2n) is 4.54. The molecule has 0 atom stereocenters. The highest BCUT2D eigenvalue weighted by atomic mass is 79.9. The molecule has 0 aliphatic heterocycles. The quantitative estimate of drug-likeness (QED) is 0.666. The molecule has 2 nitrogen and oxygen atoms in total. The van der Waals surface area contributed by atoms with Crippen LogP contribution in [0.5, 0.6) is 0 Å². The van der Waals surface area contributed by atoms with E-state index < -0.39 is 0 Å². The molecule has 2 aromatic rings. The van der Waals surface area contributed by atoms with Crippen LogP contribution in [0.15, 0.2) is 38.6 Å². The highest BCUT2D eigenvalue weighted by molar-refractivity contribution is 9.11. The van der Waals surface area contributed by atoms with E-state index in [9.17, 15) is 4.79 Å². The average molecular weight is 417 g/mol. The molecule has 20 heavy (non-hydrogen) atoms. The van der Waals surface area contributed by atoms with Crippen molar-refractivity contribution in [3.63, 3.8) is 0 Å². The molecule has 1 aromatic heterocycles. The van der Waals surface area contributed by atoms with E-state index in [0.717, 1.165) is 19.4 Å². The van der Waals surface area contributed by atoms with Gasteiger partial charge in [-0.25, -0.2) is 0 Å². The van der Waals surface area contributed by atoms with Crippen molar-refractivity contribution in [1.82, 2.24) is 4.90 Å². The Hall–Kier alpha value is -0.650. The smallest absolute Gasteiger partial charge is 0.254 e. The van der Waals surface area contributed by atoms with Gasteiger partial charge in [0.25, 0.3) is 5.91 Å².